The number of amides is 2. The normalized spacial score (nSPS) is 17.5. The van der Waals surface area contributed by atoms with E-state index < -0.39 is 0 Å². The van der Waals surface area contributed by atoms with E-state index in [0.717, 1.165) is 26.1 Å². The zero-order valence-corrected chi connectivity index (χ0v) is 13.3. The van der Waals surface area contributed by atoms with E-state index in [1.807, 2.05) is 23.6 Å². The summed E-state index contributed by atoms with van der Waals surface area (Å²) >= 11 is 0. The van der Waals surface area contributed by atoms with E-state index in [2.05, 4.69) is 20.1 Å². The summed E-state index contributed by atoms with van der Waals surface area (Å²) in [5.41, 5.74) is 0.556. The molecule has 0 radical (unpaired) electrons. The van der Waals surface area contributed by atoms with Crippen LogP contribution in [-0.2, 0) is 0 Å². The Morgan fingerprint density at radius 1 is 1.39 bits per heavy atom. The van der Waals surface area contributed by atoms with Crippen LogP contribution in [0.5, 0.6) is 0 Å². The van der Waals surface area contributed by atoms with Crippen LogP contribution in [0.15, 0.2) is 23.1 Å². The number of likely N-dealkylation sites (tertiary alicyclic amines) is 1. The molecule has 3 rings (SSSR count). The van der Waals surface area contributed by atoms with Gasteiger partial charge in [-0.25, -0.2) is 9.78 Å². The molecule has 1 aliphatic heterocycles. The molecule has 23 heavy (non-hydrogen) atoms. The van der Waals surface area contributed by atoms with Gasteiger partial charge < -0.3 is 14.3 Å². The lowest BCUT2D eigenvalue weighted by atomic mass is 10.1. The van der Waals surface area contributed by atoms with Gasteiger partial charge >= 0.3 is 6.03 Å². The van der Waals surface area contributed by atoms with Crippen molar-refractivity contribution in [2.45, 2.75) is 26.2 Å². The van der Waals surface area contributed by atoms with Crippen molar-refractivity contribution in [3.8, 4) is 11.6 Å². The highest BCUT2D eigenvalue weighted by Crippen LogP contribution is 2.27. The number of carbonyl (C=O) groups is 1. The number of hydrogen-bond acceptors (Lipinski definition) is 6. The smallest absolute Gasteiger partial charge is 0.320 e. The molecule has 0 aromatic carbocycles. The lowest BCUT2D eigenvalue weighted by Gasteiger charge is -2.25. The molecule has 1 atom stereocenters. The second-order valence-electron chi connectivity index (χ2n) is 5.43. The molecule has 2 aromatic heterocycles. The van der Waals surface area contributed by atoms with Crippen LogP contribution in [0.3, 0.4) is 0 Å². The molecule has 1 unspecified atom stereocenters. The Kier molecular flexibility index (Phi) is 4.50. The molecular formula is C15H20N6O2. The maximum atomic E-state index is 12.4. The van der Waals surface area contributed by atoms with Crippen LogP contribution in [0.25, 0.3) is 11.6 Å². The fourth-order valence-electron chi connectivity index (χ4n) is 2.75. The Balaban J connectivity index is 1.68. The van der Waals surface area contributed by atoms with E-state index in [-0.39, 0.29) is 11.9 Å². The molecule has 2 aromatic rings. The molecule has 0 bridgehead atoms. The molecular weight excluding hydrogens is 296 g/mol. The molecule has 2 amide bonds. The topological polar surface area (TPSA) is 88.3 Å². The first kappa shape index (κ1) is 15.4. The summed E-state index contributed by atoms with van der Waals surface area (Å²) in [6, 6.07) is 0.0788. The van der Waals surface area contributed by atoms with Crippen molar-refractivity contribution in [2.24, 2.45) is 0 Å². The van der Waals surface area contributed by atoms with E-state index in [1.165, 1.54) is 0 Å². The number of carbonyl (C=O) groups excluding carboxylic acids is 1. The first-order valence-corrected chi connectivity index (χ1v) is 7.86. The fraction of sp³-hybridized carbons (Fsp3) is 0.533. The lowest BCUT2D eigenvalue weighted by Crippen LogP contribution is -2.41. The molecule has 122 valence electrons. The second-order valence-corrected chi connectivity index (χ2v) is 5.43. The van der Waals surface area contributed by atoms with Crippen molar-refractivity contribution in [1.29, 1.82) is 0 Å². The minimum atomic E-state index is 0.0788. The summed E-state index contributed by atoms with van der Waals surface area (Å²) in [7, 11) is 0. The highest BCUT2D eigenvalue weighted by atomic mass is 16.5. The van der Waals surface area contributed by atoms with E-state index >= 15 is 0 Å². The SMILES string of the molecule is CCN(CC)C(=O)N1CCC(c2noc(-c3cnccn3)n2)C1. The summed E-state index contributed by atoms with van der Waals surface area (Å²) in [6.45, 7) is 6.75. The van der Waals surface area contributed by atoms with Gasteiger partial charge in [-0.05, 0) is 20.3 Å². The summed E-state index contributed by atoms with van der Waals surface area (Å²) in [5.74, 6) is 1.09. The number of hydrogen-bond donors (Lipinski definition) is 0. The number of nitrogens with zero attached hydrogens (tertiary/aromatic N) is 6. The van der Waals surface area contributed by atoms with Crippen molar-refractivity contribution >= 4 is 6.03 Å². The van der Waals surface area contributed by atoms with Crippen LogP contribution in [0.4, 0.5) is 4.79 Å². The van der Waals surface area contributed by atoms with Crippen molar-refractivity contribution in [1.82, 2.24) is 29.9 Å². The predicted octanol–water partition coefficient (Wildman–Crippen LogP) is 1.78. The summed E-state index contributed by atoms with van der Waals surface area (Å²) < 4.78 is 5.27. The molecule has 1 aliphatic rings. The molecule has 3 heterocycles. The zero-order valence-electron chi connectivity index (χ0n) is 13.3. The Bertz CT molecular complexity index is 655. The Morgan fingerprint density at radius 3 is 2.91 bits per heavy atom. The molecule has 0 N–H and O–H groups in total. The van der Waals surface area contributed by atoms with Gasteiger partial charge in [0.15, 0.2) is 5.82 Å². The van der Waals surface area contributed by atoms with Gasteiger partial charge in [0.2, 0.25) is 0 Å². The Hall–Kier alpha value is -2.51. The molecule has 0 aliphatic carbocycles. The Labute approximate surface area is 134 Å². The quantitative estimate of drug-likeness (QED) is 0.854. The molecule has 1 saturated heterocycles. The van der Waals surface area contributed by atoms with Crippen LogP contribution in [0.2, 0.25) is 0 Å². The van der Waals surface area contributed by atoms with E-state index in [4.69, 9.17) is 4.52 Å². The van der Waals surface area contributed by atoms with Gasteiger partial charge in [0.1, 0.15) is 5.69 Å². The van der Waals surface area contributed by atoms with Gasteiger partial charge in [0.05, 0.1) is 6.20 Å². The largest absolute Gasteiger partial charge is 0.332 e. The summed E-state index contributed by atoms with van der Waals surface area (Å²) in [5, 5.41) is 4.05. The van der Waals surface area contributed by atoms with Crippen molar-refractivity contribution in [3.05, 3.63) is 24.4 Å². The van der Waals surface area contributed by atoms with Gasteiger partial charge in [-0.15, -0.1) is 0 Å². The molecule has 0 spiro atoms. The van der Waals surface area contributed by atoms with Crippen LogP contribution in [0, 0.1) is 0 Å². The van der Waals surface area contributed by atoms with Crippen molar-refractivity contribution in [3.63, 3.8) is 0 Å². The second kappa shape index (κ2) is 6.72. The van der Waals surface area contributed by atoms with E-state index in [9.17, 15) is 4.79 Å². The number of aromatic nitrogens is 4. The van der Waals surface area contributed by atoms with Crippen molar-refractivity contribution < 1.29 is 9.32 Å². The molecule has 8 nitrogen and oxygen atoms in total. The van der Waals surface area contributed by atoms with Crippen molar-refractivity contribution in [2.75, 3.05) is 26.2 Å². The van der Waals surface area contributed by atoms with Crippen LogP contribution in [0.1, 0.15) is 32.0 Å². The third-order valence-electron chi connectivity index (χ3n) is 4.08. The zero-order chi connectivity index (χ0) is 16.2. The average Bonchev–Trinajstić information content (AvgIpc) is 3.26. The maximum Gasteiger partial charge on any atom is 0.320 e. The average molecular weight is 316 g/mol. The fourth-order valence-corrected chi connectivity index (χ4v) is 2.75. The van der Waals surface area contributed by atoms with Gasteiger partial charge in [-0.1, -0.05) is 5.16 Å². The summed E-state index contributed by atoms with van der Waals surface area (Å²) in [6.07, 6.45) is 5.60. The molecule has 0 saturated carbocycles. The third-order valence-corrected chi connectivity index (χ3v) is 4.08. The first-order chi connectivity index (χ1) is 11.2. The van der Waals surface area contributed by atoms with Crippen LogP contribution >= 0.6 is 0 Å². The molecule has 8 heteroatoms. The van der Waals surface area contributed by atoms with Crippen LogP contribution in [-0.4, -0.2) is 62.1 Å². The highest BCUT2D eigenvalue weighted by Gasteiger charge is 2.32. The van der Waals surface area contributed by atoms with Gasteiger partial charge in [0, 0.05) is 44.5 Å². The monoisotopic (exact) mass is 316 g/mol. The Morgan fingerprint density at radius 2 is 2.22 bits per heavy atom. The van der Waals surface area contributed by atoms with Crippen LogP contribution < -0.4 is 0 Å². The maximum absolute atomic E-state index is 12.4. The lowest BCUT2D eigenvalue weighted by molar-refractivity contribution is 0.167. The summed E-state index contributed by atoms with van der Waals surface area (Å²) in [4.78, 5) is 28.6. The third kappa shape index (κ3) is 3.15. The van der Waals surface area contributed by atoms with Gasteiger partial charge in [0.25, 0.3) is 5.89 Å². The number of urea groups is 1. The van der Waals surface area contributed by atoms with Gasteiger partial charge in [-0.2, -0.15) is 4.98 Å². The predicted molar refractivity (Wildman–Crippen MR) is 82.6 cm³/mol. The number of rotatable bonds is 4. The first-order valence-electron chi connectivity index (χ1n) is 7.86. The minimum absolute atomic E-state index is 0.0788. The minimum Gasteiger partial charge on any atom is -0.332 e. The van der Waals surface area contributed by atoms with E-state index in [1.54, 1.807) is 18.6 Å². The molecule has 1 fully saturated rings. The van der Waals surface area contributed by atoms with E-state index in [0.29, 0.717) is 24.0 Å². The highest BCUT2D eigenvalue weighted by molar-refractivity contribution is 5.74. The standard InChI is InChI=1S/C15H20N6O2/c1-3-20(4-2)15(22)21-8-5-11(10-21)13-18-14(23-19-13)12-9-16-6-7-17-12/h6-7,9,11H,3-5,8,10H2,1-2H3. The van der Waals surface area contributed by atoms with Gasteiger partial charge in [-0.3, -0.25) is 4.98 Å².